The van der Waals surface area contributed by atoms with Crippen molar-refractivity contribution in [2.45, 2.75) is 71.3 Å². The molecule has 1 fully saturated rings. The summed E-state index contributed by atoms with van der Waals surface area (Å²) in [4.78, 5) is 43.4. The van der Waals surface area contributed by atoms with Crippen LogP contribution in [-0.4, -0.2) is 79.6 Å². The number of benzene rings is 2. The molecule has 1 saturated heterocycles. The minimum atomic E-state index is -0.736. The number of amides is 2. The molecule has 0 unspecified atom stereocenters. The van der Waals surface area contributed by atoms with Gasteiger partial charge in [-0.25, -0.2) is 9.78 Å². The summed E-state index contributed by atoms with van der Waals surface area (Å²) < 4.78 is 7.75. The van der Waals surface area contributed by atoms with Gasteiger partial charge in [0.2, 0.25) is 5.91 Å². The Hall–Kier alpha value is -4.21. The first kappa shape index (κ1) is 32.7. The van der Waals surface area contributed by atoms with Crippen molar-refractivity contribution in [1.29, 1.82) is 0 Å². The number of hydrogen-bond acceptors (Lipinski definition) is 6. The third kappa shape index (κ3) is 7.68. The third-order valence-electron chi connectivity index (χ3n) is 9.02. The zero-order chi connectivity index (χ0) is 32.9. The maximum Gasteiger partial charge on any atom is 0.410 e. The first-order valence-electron chi connectivity index (χ1n) is 16.5. The summed E-state index contributed by atoms with van der Waals surface area (Å²) in [5.41, 5.74) is 6.52. The molecule has 1 aliphatic carbocycles. The van der Waals surface area contributed by atoms with Gasteiger partial charge in [-0.2, -0.15) is 0 Å². The number of carbonyl (C=O) groups excluding carboxylic acids is 2. The third-order valence-corrected chi connectivity index (χ3v) is 9.25. The topological polar surface area (TPSA) is 83.8 Å². The molecule has 246 valence electrons. The molecule has 0 spiro atoms. The van der Waals surface area contributed by atoms with Crippen LogP contribution in [0.4, 0.5) is 4.79 Å². The van der Waals surface area contributed by atoms with E-state index in [0.29, 0.717) is 37.7 Å². The fourth-order valence-electron chi connectivity index (χ4n) is 6.81. The minimum Gasteiger partial charge on any atom is -0.447 e. The van der Waals surface area contributed by atoms with Crippen LogP contribution in [0, 0.1) is 6.92 Å². The Bertz CT molecular complexity index is 1690. The fraction of sp³-hybridized carbons (Fsp3) is 0.405. The maximum absolute atomic E-state index is 14.8. The molecule has 47 heavy (non-hydrogen) atoms. The number of ether oxygens (including phenoxy) is 1. The van der Waals surface area contributed by atoms with Gasteiger partial charge in [-0.05, 0) is 80.5 Å². The van der Waals surface area contributed by atoms with Gasteiger partial charge < -0.3 is 14.2 Å². The second kappa shape index (κ2) is 14.7. The molecule has 2 aromatic carbocycles. The summed E-state index contributed by atoms with van der Waals surface area (Å²) in [5.74, 6) is -0.0905. The van der Waals surface area contributed by atoms with Crippen LogP contribution in [-0.2, 0) is 35.5 Å². The van der Waals surface area contributed by atoms with Crippen molar-refractivity contribution in [3.8, 4) is 0 Å². The lowest BCUT2D eigenvalue weighted by Crippen LogP contribution is -2.62. The van der Waals surface area contributed by atoms with Crippen LogP contribution in [0.5, 0.6) is 0 Å². The number of carbonyl (C=O) groups is 2. The predicted molar refractivity (Wildman–Crippen MR) is 182 cm³/mol. The van der Waals surface area contributed by atoms with Crippen LogP contribution in [0.25, 0.3) is 0 Å². The van der Waals surface area contributed by atoms with E-state index >= 15 is 0 Å². The molecule has 2 aromatic heterocycles. The Balaban J connectivity index is 1.33. The van der Waals surface area contributed by atoms with Gasteiger partial charge in [-0.15, -0.1) is 0 Å². The number of aryl methyl sites for hydroxylation is 4. The van der Waals surface area contributed by atoms with E-state index in [9.17, 15) is 9.59 Å². The zero-order valence-electron chi connectivity index (χ0n) is 27.4. The zero-order valence-corrected chi connectivity index (χ0v) is 28.1. The fourth-order valence-corrected chi connectivity index (χ4v) is 7.00. The van der Waals surface area contributed by atoms with Gasteiger partial charge >= 0.3 is 6.09 Å². The number of fused-ring (bicyclic) bond motifs is 2. The van der Waals surface area contributed by atoms with Gasteiger partial charge in [0.15, 0.2) is 0 Å². The molecule has 2 aliphatic rings. The van der Waals surface area contributed by atoms with Gasteiger partial charge in [0.25, 0.3) is 0 Å². The molecule has 9 nitrogen and oxygen atoms in total. The van der Waals surface area contributed by atoms with Gasteiger partial charge in [0.1, 0.15) is 6.04 Å². The molecule has 0 radical (unpaired) electrons. The van der Waals surface area contributed by atoms with Crippen molar-refractivity contribution in [3.05, 3.63) is 118 Å². The van der Waals surface area contributed by atoms with Gasteiger partial charge in [0.05, 0.1) is 29.9 Å². The second-order valence-electron chi connectivity index (χ2n) is 12.8. The molecule has 0 saturated carbocycles. The first-order valence-corrected chi connectivity index (χ1v) is 16.9. The van der Waals surface area contributed by atoms with E-state index < -0.39 is 12.1 Å². The van der Waals surface area contributed by atoms with Crippen molar-refractivity contribution in [2.75, 3.05) is 26.2 Å². The number of rotatable bonds is 9. The average molecular weight is 655 g/mol. The summed E-state index contributed by atoms with van der Waals surface area (Å²) in [6.07, 6.45) is 7.38. The smallest absolute Gasteiger partial charge is 0.410 e. The van der Waals surface area contributed by atoms with E-state index in [4.69, 9.17) is 21.3 Å². The summed E-state index contributed by atoms with van der Waals surface area (Å²) in [7, 11) is 0. The number of halogens is 1. The summed E-state index contributed by atoms with van der Waals surface area (Å²) in [6.45, 7) is 8.62. The maximum atomic E-state index is 14.8. The molecule has 0 bridgehead atoms. The van der Waals surface area contributed by atoms with E-state index in [-0.39, 0.29) is 18.1 Å². The SMILES string of the molecule is Cc1cn(CCCN(Cc2ccccc2)C(=O)[C@H]2CN([C@H]3c4ccc(Cl)cc4CCc4cccnc43)CCN2C(=O)OC(C)C)cn1. The molecule has 3 heterocycles. The van der Waals surface area contributed by atoms with Gasteiger partial charge in [-0.1, -0.05) is 54.1 Å². The molecule has 4 aromatic rings. The summed E-state index contributed by atoms with van der Waals surface area (Å²) >= 11 is 6.48. The number of nitrogens with zero attached hydrogens (tertiary/aromatic N) is 6. The molecule has 10 heteroatoms. The highest BCUT2D eigenvalue weighted by atomic mass is 35.5. The van der Waals surface area contributed by atoms with Crippen molar-refractivity contribution in [2.24, 2.45) is 0 Å². The van der Waals surface area contributed by atoms with E-state index in [1.165, 1.54) is 11.1 Å². The Morgan fingerprint density at radius 3 is 2.60 bits per heavy atom. The van der Waals surface area contributed by atoms with Gasteiger partial charge in [-0.3, -0.25) is 19.6 Å². The molecule has 1 aliphatic heterocycles. The number of aromatic nitrogens is 3. The van der Waals surface area contributed by atoms with Crippen LogP contribution >= 0.6 is 11.6 Å². The lowest BCUT2D eigenvalue weighted by atomic mass is 9.95. The molecule has 2 amide bonds. The minimum absolute atomic E-state index is 0.0905. The first-order chi connectivity index (χ1) is 22.8. The number of imidazole rings is 1. The number of hydrogen-bond donors (Lipinski definition) is 0. The number of pyridine rings is 1. The molecule has 0 N–H and O–H groups in total. The van der Waals surface area contributed by atoms with E-state index in [0.717, 1.165) is 48.3 Å². The van der Waals surface area contributed by atoms with Crippen LogP contribution in [0.15, 0.2) is 79.4 Å². The molecular formula is C37H43ClN6O3. The molecular weight excluding hydrogens is 612 g/mol. The monoisotopic (exact) mass is 654 g/mol. The lowest BCUT2D eigenvalue weighted by Gasteiger charge is -2.44. The van der Waals surface area contributed by atoms with Crippen LogP contribution in [0.2, 0.25) is 5.02 Å². The standard InChI is InChI=1S/C37H43ClN6O3/c1-26(2)47-37(46)44-20-19-42(35-32-15-14-31(38)21-30(32)13-12-29-11-7-16-39-34(29)35)24-33(44)36(45)43(23-28-9-5-4-6-10-28)18-8-17-41-22-27(3)40-25-41/h4-7,9-11,14-16,21-22,25-26,33,35H,8,12-13,17-20,23-24H2,1-3H3/t33-,35+/m1/s1. The summed E-state index contributed by atoms with van der Waals surface area (Å²) in [5, 5.41) is 0.707. The van der Waals surface area contributed by atoms with Crippen LogP contribution in [0.1, 0.15) is 60.0 Å². The largest absolute Gasteiger partial charge is 0.447 e. The van der Waals surface area contributed by atoms with Crippen molar-refractivity contribution in [1.82, 2.24) is 29.2 Å². The predicted octanol–water partition coefficient (Wildman–Crippen LogP) is 6.08. The number of piperazine rings is 1. The Morgan fingerprint density at radius 1 is 1.02 bits per heavy atom. The van der Waals surface area contributed by atoms with Crippen LogP contribution in [0.3, 0.4) is 0 Å². The van der Waals surface area contributed by atoms with Crippen molar-refractivity contribution < 1.29 is 14.3 Å². The van der Waals surface area contributed by atoms with E-state index in [1.54, 1.807) is 4.90 Å². The van der Waals surface area contributed by atoms with Crippen molar-refractivity contribution >= 4 is 23.6 Å². The van der Waals surface area contributed by atoms with Crippen LogP contribution < -0.4 is 0 Å². The average Bonchev–Trinajstić information content (AvgIpc) is 3.41. The molecule has 2 atom stereocenters. The normalized spacial score (nSPS) is 17.9. The summed E-state index contributed by atoms with van der Waals surface area (Å²) in [6, 6.07) is 19.3. The molecule has 6 rings (SSSR count). The van der Waals surface area contributed by atoms with Gasteiger partial charge in [0, 0.05) is 56.7 Å². The highest BCUT2D eigenvalue weighted by molar-refractivity contribution is 6.30. The highest BCUT2D eigenvalue weighted by Crippen LogP contribution is 2.38. The second-order valence-corrected chi connectivity index (χ2v) is 13.2. The van der Waals surface area contributed by atoms with E-state index in [1.807, 2.05) is 86.9 Å². The lowest BCUT2D eigenvalue weighted by molar-refractivity contribution is -0.140. The Labute approximate surface area is 282 Å². The Morgan fingerprint density at radius 2 is 1.83 bits per heavy atom. The highest BCUT2D eigenvalue weighted by Gasteiger charge is 2.42. The van der Waals surface area contributed by atoms with Crippen molar-refractivity contribution in [3.63, 3.8) is 0 Å². The quantitative estimate of drug-likeness (QED) is 0.218. The van der Waals surface area contributed by atoms with E-state index in [2.05, 4.69) is 32.7 Å². The Kier molecular flexibility index (Phi) is 10.2.